The molecule has 1 N–H and O–H groups in total. The zero-order valence-corrected chi connectivity index (χ0v) is 11.2. The molecule has 18 heavy (non-hydrogen) atoms. The van der Waals surface area contributed by atoms with Gasteiger partial charge in [-0.15, -0.1) is 0 Å². The Morgan fingerprint density at radius 2 is 2.11 bits per heavy atom. The molecule has 0 atom stereocenters. The van der Waals surface area contributed by atoms with Crippen LogP contribution in [0.25, 0.3) is 0 Å². The van der Waals surface area contributed by atoms with Crippen LogP contribution in [-0.2, 0) is 6.61 Å². The first-order chi connectivity index (χ1) is 8.60. The first kappa shape index (κ1) is 13.0. The van der Waals surface area contributed by atoms with Crippen LogP contribution in [0.2, 0.25) is 0 Å². The van der Waals surface area contributed by atoms with E-state index in [1.165, 1.54) is 12.1 Å². The number of pyridine rings is 1. The maximum Gasteiger partial charge on any atom is 0.219 e. The Bertz CT molecular complexity index is 575. The van der Waals surface area contributed by atoms with E-state index >= 15 is 0 Å². The summed E-state index contributed by atoms with van der Waals surface area (Å²) in [5, 5.41) is 9.03. The molecule has 0 saturated carbocycles. The monoisotopic (exact) mass is 311 g/mol. The molecule has 3 nitrogen and oxygen atoms in total. The molecule has 0 spiro atoms. The van der Waals surface area contributed by atoms with Crippen molar-refractivity contribution in [3.05, 3.63) is 51.9 Å². The number of aliphatic hydroxyl groups excluding tert-OH is 1. The summed E-state index contributed by atoms with van der Waals surface area (Å²) in [7, 11) is 0. The number of nitrogens with zero attached hydrogens (tertiary/aromatic N) is 1. The van der Waals surface area contributed by atoms with Gasteiger partial charge >= 0.3 is 0 Å². The molecule has 2 rings (SSSR count). The van der Waals surface area contributed by atoms with E-state index in [9.17, 15) is 4.39 Å². The Balaban J connectivity index is 2.28. The summed E-state index contributed by atoms with van der Waals surface area (Å²) in [5.74, 6) is -0.0568. The van der Waals surface area contributed by atoms with Crippen LogP contribution in [0.1, 0.15) is 11.3 Å². The Hall–Kier alpha value is -1.46. The van der Waals surface area contributed by atoms with Gasteiger partial charge in [0.15, 0.2) is 11.6 Å². The van der Waals surface area contributed by atoms with E-state index < -0.39 is 5.82 Å². The molecule has 0 aliphatic carbocycles. The number of hydrogen-bond acceptors (Lipinski definition) is 3. The van der Waals surface area contributed by atoms with Crippen LogP contribution in [0.4, 0.5) is 4.39 Å². The zero-order valence-electron chi connectivity index (χ0n) is 9.65. The summed E-state index contributed by atoms with van der Waals surface area (Å²) in [6, 6.07) is 7.74. The van der Waals surface area contributed by atoms with Crippen molar-refractivity contribution in [2.45, 2.75) is 13.5 Å². The Morgan fingerprint density at radius 3 is 2.78 bits per heavy atom. The smallest absolute Gasteiger partial charge is 0.219 e. The molecule has 5 heteroatoms. The highest BCUT2D eigenvalue weighted by Gasteiger charge is 2.07. The lowest BCUT2D eigenvalue weighted by Crippen LogP contribution is -1.96. The van der Waals surface area contributed by atoms with Crippen LogP contribution in [-0.4, -0.2) is 10.1 Å². The second-order valence-electron chi connectivity index (χ2n) is 3.73. The summed E-state index contributed by atoms with van der Waals surface area (Å²) in [5.41, 5.74) is 1.38. The summed E-state index contributed by atoms with van der Waals surface area (Å²) >= 11 is 3.25. The zero-order chi connectivity index (χ0) is 13.1. The molecular weight excluding hydrogens is 301 g/mol. The fraction of sp³-hybridized carbons (Fsp3) is 0.154. The molecule has 94 valence electrons. The van der Waals surface area contributed by atoms with Crippen LogP contribution in [0, 0.1) is 12.7 Å². The van der Waals surface area contributed by atoms with E-state index in [2.05, 4.69) is 20.9 Å². The molecule has 1 aromatic heterocycles. The SMILES string of the molecule is Cc1nc(Oc2cc(Br)ccc2F)ccc1CO. The van der Waals surface area contributed by atoms with Crippen LogP contribution in [0.5, 0.6) is 11.6 Å². The van der Waals surface area contributed by atoms with Crippen molar-refractivity contribution in [1.82, 2.24) is 4.98 Å². The average Bonchev–Trinajstić information content (AvgIpc) is 2.34. The molecule has 1 heterocycles. The molecule has 0 amide bonds. The summed E-state index contributed by atoms with van der Waals surface area (Å²) in [4.78, 5) is 4.15. The highest BCUT2D eigenvalue weighted by Crippen LogP contribution is 2.27. The van der Waals surface area contributed by atoms with Crippen LogP contribution in [0.15, 0.2) is 34.8 Å². The van der Waals surface area contributed by atoms with Crippen LogP contribution >= 0.6 is 15.9 Å². The van der Waals surface area contributed by atoms with Crippen LogP contribution < -0.4 is 4.74 Å². The fourth-order valence-corrected chi connectivity index (χ4v) is 1.80. The molecule has 0 unspecified atom stereocenters. The van der Waals surface area contributed by atoms with Gasteiger partial charge in [0.25, 0.3) is 0 Å². The summed E-state index contributed by atoms with van der Waals surface area (Å²) in [6.45, 7) is 1.68. The third kappa shape index (κ3) is 2.86. The van der Waals surface area contributed by atoms with Gasteiger partial charge in [-0.25, -0.2) is 9.37 Å². The number of ether oxygens (including phenoxy) is 1. The van der Waals surface area contributed by atoms with E-state index in [4.69, 9.17) is 9.84 Å². The van der Waals surface area contributed by atoms with Crippen molar-refractivity contribution in [1.29, 1.82) is 0 Å². The molecule has 0 radical (unpaired) electrons. The Kier molecular flexibility index (Phi) is 3.93. The van der Waals surface area contributed by atoms with Gasteiger partial charge in [0.2, 0.25) is 5.88 Å². The number of aryl methyl sites for hydroxylation is 1. The van der Waals surface area contributed by atoms with Gasteiger partial charge in [0, 0.05) is 16.2 Å². The number of hydrogen-bond donors (Lipinski definition) is 1. The highest BCUT2D eigenvalue weighted by atomic mass is 79.9. The minimum absolute atomic E-state index is 0.0790. The highest BCUT2D eigenvalue weighted by molar-refractivity contribution is 9.10. The van der Waals surface area contributed by atoms with Crippen LogP contribution in [0.3, 0.4) is 0 Å². The maximum atomic E-state index is 13.5. The van der Waals surface area contributed by atoms with E-state index in [0.29, 0.717) is 11.6 Å². The lowest BCUT2D eigenvalue weighted by Gasteiger charge is -2.08. The molecular formula is C13H11BrFNO2. The second-order valence-corrected chi connectivity index (χ2v) is 4.64. The molecule has 2 aromatic rings. The average molecular weight is 312 g/mol. The van der Waals surface area contributed by atoms with Gasteiger partial charge in [-0.2, -0.15) is 0 Å². The number of benzene rings is 1. The van der Waals surface area contributed by atoms with E-state index in [0.717, 1.165) is 10.0 Å². The largest absolute Gasteiger partial charge is 0.436 e. The van der Waals surface area contributed by atoms with E-state index in [1.807, 2.05) is 0 Å². The molecule has 0 saturated heterocycles. The maximum absolute atomic E-state index is 13.5. The van der Waals surface area contributed by atoms with Gasteiger partial charge in [0.1, 0.15) is 0 Å². The molecule has 0 bridgehead atoms. The quantitative estimate of drug-likeness (QED) is 0.942. The van der Waals surface area contributed by atoms with Crippen molar-refractivity contribution in [2.24, 2.45) is 0 Å². The Labute approximate surface area is 112 Å². The van der Waals surface area contributed by atoms with Crippen molar-refractivity contribution < 1.29 is 14.2 Å². The molecule has 0 fully saturated rings. The molecule has 1 aromatic carbocycles. The fourth-order valence-electron chi connectivity index (χ4n) is 1.46. The standard InChI is InChI=1S/C13H11BrFNO2/c1-8-9(7-17)2-5-13(16-8)18-12-6-10(14)3-4-11(12)15/h2-6,17H,7H2,1H3. The van der Waals surface area contributed by atoms with Crippen molar-refractivity contribution >= 4 is 15.9 Å². The lowest BCUT2D eigenvalue weighted by molar-refractivity contribution is 0.280. The van der Waals surface area contributed by atoms with Gasteiger partial charge < -0.3 is 9.84 Å². The van der Waals surface area contributed by atoms with Gasteiger partial charge in [-0.1, -0.05) is 15.9 Å². The third-order valence-corrected chi connectivity index (χ3v) is 2.94. The van der Waals surface area contributed by atoms with Gasteiger partial charge in [-0.05, 0) is 36.8 Å². The number of halogens is 2. The first-order valence-corrected chi connectivity index (χ1v) is 6.09. The third-order valence-electron chi connectivity index (χ3n) is 2.45. The van der Waals surface area contributed by atoms with Crippen molar-refractivity contribution in [3.63, 3.8) is 0 Å². The van der Waals surface area contributed by atoms with Crippen molar-refractivity contribution in [3.8, 4) is 11.6 Å². The lowest BCUT2D eigenvalue weighted by atomic mass is 10.2. The molecule has 0 aliphatic heterocycles. The number of rotatable bonds is 3. The van der Waals surface area contributed by atoms with Crippen molar-refractivity contribution in [2.75, 3.05) is 0 Å². The predicted molar refractivity (Wildman–Crippen MR) is 69.1 cm³/mol. The number of aromatic nitrogens is 1. The molecule has 0 aliphatic rings. The topological polar surface area (TPSA) is 42.4 Å². The van der Waals surface area contributed by atoms with E-state index in [1.54, 1.807) is 25.1 Å². The predicted octanol–water partition coefficient (Wildman–Crippen LogP) is 3.58. The van der Waals surface area contributed by atoms with E-state index in [-0.39, 0.29) is 12.4 Å². The minimum atomic E-state index is -0.455. The first-order valence-electron chi connectivity index (χ1n) is 5.30. The minimum Gasteiger partial charge on any atom is -0.436 e. The normalized spacial score (nSPS) is 10.4. The van der Waals surface area contributed by atoms with Gasteiger partial charge in [0.05, 0.1) is 6.61 Å². The Morgan fingerprint density at radius 1 is 1.33 bits per heavy atom. The summed E-state index contributed by atoms with van der Waals surface area (Å²) in [6.07, 6.45) is 0. The van der Waals surface area contributed by atoms with Gasteiger partial charge in [-0.3, -0.25) is 0 Å². The summed E-state index contributed by atoms with van der Waals surface area (Å²) < 4.78 is 19.6. The number of aliphatic hydroxyl groups is 1. The second kappa shape index (κ2) is 5.46.